The summed E-state index contributed by atoms with van der Waals surface area (Å²) in [5.74, 6) is 0.845. The van der Waals surface area contributed by atoms with Crippen molar-refractivity contribution in [1.29, 1.82) is 0 Å². The highest BCUT2D eigenvalue weighted by Crippen LogP contribution is 2.38. The van der Waals surface area contributed by atoms with Crippen LogP contribution >= 0.6 is 11.6 Å². The van der Waals surface area contributed by atoms with Crippen LogP contribution in [0.3, 0.4) is 0 Å². The molecule has 1 heterocycles. The molecule has 2 N–H and O–H groups in total. The summed E-state index contributed by atoms with van der Waals surface area (Å²) in [4.78, 5) is 4.46. The first-order valence-corrected chi connectivity index (χ1v) is 7.02. The molecule has 3 nitrogen and oxygen atoms in total. The average molecular weight is 283 g/mol. The first-order chi connectivity index (χ1) is 9.19. The maximum atomic E-state index is 13.4. The maximum Gasteiger partial charge on any atom is 0.198 e. The summed E-state index contributed by atoms with van der Waals surface area (Å²) in [5.41, 5.74) is 6.89. The number of hydrogen-bond donors (Lipinski definition) is 1. The minimum absolute atomic E-state index is 0.0753. The molecule has 102 valence electrons. The molecular weight excluding hydrogens is 267 g/mol. The van der Waals surface area contributed by atoms with Gasteiger partial charge in [0.25, 0.3) is 0 Å². The monoisotopic (exact) mass is 282 g/mol. The van der Waals surface area contributed by atoms with E-state index in [2.05, 4.69) is 4.98 Å². The summed E-state index contributed by atoms with van der Waals surface area (Å²) >= 11 is 5.76. The Morgan fingerprint density at radius 2 is 2.16 bits per heavy atom. The molecule has 5 heteroatoms. The Bertz CT molecular complexity index is 559. The zero-order valence-electron chi connectivity index (χ0n) is 10.5. The highest BCUT2D eigenvalue weighted by Gasteiger charge is 2.29. The van der Waals surface area contributed by atoms with Gasteiger partial charge in [-0.3, -0.25) is 0 Å². The van der Waals surface area contributed by atoms with Crippen molar-refractivity contribution in [3.8, 4) is 0 Å². The fraction of sp³-hybridized carbons (Fsp3) is 0.500. The average Bonchev–Trinajstić information content (AvgIpc) is 2.82. The lowest BCUT2D eigenvalue weighted by atomic mass is 9.79. The molecule has 0 amide bonds. The van der Waals surface area contributed by atoms with Gasteiger partial charge in [-0.1, -0.05) is 24.4 Å². The molecule has 1 saturated carbocycles. The molecule has 1 aromatic heterocycles. The number of benzene rings is 1. The summed E-state index contributed by atoms with van der Waals surface area (Å²) in [5, 5.41) is 0.0753. The van der Waals surface area contributed by atoms with E-state index in [9.17, 15) is 4.39 Å². The minimum Gasteiger partial charge on any atom is -0.440 e. The van der Waals surface area contributed by atoms with Crippen molar-refractivity contribution in [3.05, 3.63) is 28.9 Å². The maximum absolute atomic E-state index is 13.4. The van der Waals surface area contributed by atoms with E-state index >= 15 is 0 Å². The van der Waals surface area contributed by atoms with Crippen LogP contribution in [0.1, 0.15) is 37.5 Å². The van der Waals surface area contributed by atoms with Gasteiger partial charge in [0.15, 0.2) is 11.5 Å². The van der Waals surface area contributed by atoms with E-state index in [1.807, 2.05) is 0 Å². The van der Waals surface area contributed by atoms with Crippen LogP contribution in [0.25, 0.3) is 11.1 Å². The summed E-state index contributed by atoms with van der Waals surface area (Å²) in [7, 11) is 0. The predicted octanol–water partition coefficient (Wildman–Crippen LogP) is 3.85. The lowest BCUT2D eigenvalue weighted by molar-refractivity contribution is 0.275. The van der Waals surface area contributed by atoms with Crippen LogP contribution in [0.5, 0.6) is 0 Å². The van der Waals surface area contributed by atoms with Crippen molar-refractivity contribution in [1.82, 2.24) is 4.98 Å². The molecule has 0 radical (unpaired) electrons. The number of nitrogens with two attached hydrogens (primary N) is 1. The third kappa shape index (κ3) is 2.35. The van der Waals surface area contributed by atoms with Gasteiger partial charge in [0.1, 0.15) is 11.3 Å². The smallest absolute Gasteiger partial charge is 0.198 e. The van der Waals surface area contributed by atoms with E-state index in [0.717, 1.165) is 19.3 Å². The number of halogens is 2. The topological polar surface area (TPSA) is 52.0 Å². The van der Waals surface area contributed by atoms with Crippen molar-refractivity contribution in [2.75, 3.05) is 6.54 Å². The number of fused-ring (bicyclic) bond motifs is 1. The van der Waals surface area contributed by atoms with Crippen molar-refractivity contribution < 1.29 is 8.81 Å². The zero-order chi connectivity index (χ0) is 13.4. The van der Waals surface area contributed by atoms with Gasteiger partial charge in [-0.2, -0.15) is 0 Å². The first kappa shape index (κ1) is 12.9. The largest absolute Gasteiger partial charge is 0.440 e. The van der Waals surface area contributed by atoms with Gasteiger partial charge in [0, 0.05) is 12.0 Å². The molecule has 2 aromatic rings. The highest BCUT2D eigenvalue weighted by molar-refractivity contribution is 6.31. The Balaban J connectivity index is 2.00. The molecule has 2 unspecified atom stereocenters. The SMILES string of the molecule is NCC1CCCCC1c1nc2cc(Cl)c(F)cc2o1. The van der Waals surface area contributed by atoms with Crippen molar-refractivity contribution in [2.45, 2.75) is 31.6 Å². The van der Waals surface area contributed by atoms with Gasteiger partial charge < -0.3 is 10.2 Å². The second kappa shape index (κ2) is 5.10. The van der Waals surface area contributed by atoms with E-state index in [4.69, 9.17) is 21.8 Å². The van der Waals surface area contributed by atoms with E-state index in [-0.39, 0.29) is 10.9 Å². The molecule has 2 atom stereocenters. The summed E-state index contributed by atoms with van der Waals surface area (Å²) in [6.07, 6.45) is 4.51. The molecule has 1 aliphatic rings. The van der Waals surface area contributed by atoms with E-state index < -0.39 is 5.82 Å². The van der Waals surface area contributed by atoms with Gasteiger partial charge in [-0.05, 0) is 31.4 Å². The van der Waals surface area contributed by atoms with Gasteiger partial charge >= 0.3 is 0 Å². The Kier molecular flexibility index (Phi) is 3.46. The molecule has 1 aliphatic carbocycles. The van der Waals surface area contributed by atoms with Crippen LogP contribution in [0.15, 0.2) is 16.5 Å². The highest BCUT2D eigenvalue weighted by atomic mass is 35.5. The zero-order valence-corrected chi connectivity index (χ0v) is 11.3. The molecule has 0 spiro atoms. The summed E-state index contributed by atoms with van der Waals surface area (Å²) < 4.78 is 19.1. The Hall–Kier alpha value is -1.13. The van der Waals surface area contributed by atoms with Crippen LogP contribution < -0.4 is 5.73 Å². The molecular formula is C14H16ClFN2O. The van der Waals surface area contributed by atoms with Crippen LogP contribution in [0.4, 0.5) is 4.39 Å². The number of aromatic nitrogens is 1. The van der Waals surface area contributed by atoms with E-state index in [1.54, 1.807) is 0 Å². The summed E-state index contributed by atoms with van der Waals surface area (Å²) in [6.45, 7) is 0.637. The fourth-order valence-electron chi connectivity index (χ4n) is 2.91. The second-order valence-electron chi connectivity index (χ2n) is 5.17. The minimum atomic E-state index is -0.476. The quantitative estimate of drug-likeness (QED) is 0.910. The molecule has 0 saturated heterocycles. The van der Waals surface area contributed by atoms with Crippen LogP contribution in [-0.2, 0) is 0 Å². The fourth-order valence-corrected chi connectivity index (χ4v) is 3.07. The molecule has 3 rings (SSSR count). The van der Waals surface area contributed by atoms with Crippen LogP contribution in [0, 0.1) is 11.7 Å². The lowest BCUT2D eigenvalue weighted by Gasteiger charge is -2.27. The molecule has 0 aliphatic heterocycles. The number of oxazole rings is 1. The van der Waals surface area contributed by atoms with Gasteiger partial charge in [0.05, 0.1) is 5.02 Å². The van der Waals surface area contributed by atoms with Gasteiger partial charge in [-0.15, -0.1) is 0 Å². The van der Waals surface area contributed by atoms with Gasteiger partial charge in [0.2, 0.25) is 0 Å². The van der Waals surface area contributed by atoms with Crippen molar-refractivity contribution >= 4 is 22.7 Å². The summed E-state index contributed by atoms with van der Waals surface area (Å²) in [6, 6.07) is 2.81. The third-order valence-electron chi connectivity index (χ3n) is 3.98. The number of rotatable bonds is 2. The molecule has 0 bridgehead atoms. The Morgan fingerprint density at radius 1 is 1.37 bits per heavy atom. The predicted molar refractivity (Wildman–Crippen MR) is 72.7 cm³/mol. The van der Waals surface area contributed by atoms with E-state index in [1.165, 1.54) is 18.6 Å². The lowest BCUT2D eigenvalue weighted by Crippen LogP contribution is -2.25. The van der Waals surface area contributed by atoms with Crippen LogP contribution in [0.2, 0.25) is 5.02 Å². The standard InChI is InChI=1S/C14H16ClFN2O/c15-10-5-12-13(6-11(10)16)19-14(18-12)9-4-2-1-3-8(9)7-17/h5-6,8-9H,1-4,7,17H2. The third-order valence-corrected chi connectivity index (χ3v) is 4.27. The van der Waals surface area contributed by atoms with Gasteiger partial charge in [-0.25, -0.2) is 9.37 Å². The molecule has 1 aromatic carbocycles. The Morgan fingerprint density at radius 3 is 2.95 bits per heavy atom. The van der Waals surface area contributed by atoms with Crippen molar-refractivity contribution in [2.24, 2.45) is 11.7 Å². The molecule has 19 heavy (non-hydrogen) atoms. The van der Waals surface area contributed by atoms with Crippen LogP contribution in [-0.4, -0.2) is 11.5 Å². The first-order valence-electron chi connectivity index (χ1n) is 6.64. The van der Waals surface area contributed by atoms with E-state index in [0.29, 0.717) is 29.5 Å². The number of hydrogen-bond acceptors (Lipinski definition) is 3. The molecule has 1 fully saturated rings. The second-order valence-corrected chi connectivity index (χ2v) is 5.58. The normalized spacial score (nSPS) is 23.9. The van der Waals surface area contributed by atoms with Crippen molar-refractivity contribution in [3.63, 3.8) is 0 Å². The number of nitrogens with zero attached hydrogens (tertiary/aromatic N) is 1. The Labute approximate surface area is 115 Å².